The zero-order valence-electron chi connectivity index (χ0n) is 11.4. The van der Waals surface area contributed by atoms with Gasteiger partial charge in [-0.25, -0.2) is 4.42 Å². The minimum atomic E-state index is -0.348. The third kappa shape index (κ3) is 3.71. The minimum Gasteiger partial charge on any atom is -0.321 e. The lowest BCUT2D eigenvalue weighted by molar-refractivity contribution is -0.115. The standard InChI is InChI=1S/C15H11Cl3N2O2/c1-9(21)20(18)11-7-5-10(6-8-11)15(22)19-13-4-2-3-12(16)14(13)17/h2-8H,1H3,(H,19,22). The Kier molecular flexibility index (Phi) is 5.29. The smallest absolute Gasteiger partial charge is 0.255 e. The number of carbonyl (C=O) groups excluding carboxylic acids is 2. The van der Waals surface area contributed by atoms with Gasteiger partial charge >= 0.3 is 0 Å². The average Bonchev–Trinajstić information content (AvgIpc) is 2.51. The molecule has 0 aliphatic rings. The molecule has 4 nitrogen and oxygen atoms in total. The summed E-state index contributed by atoms with van der Waals surface area (Å²) in [5, 5.41) is 3.30. The number of rotatable bonds is 3. The molecule has 0 aromatic heterocycles. The topological polar surface area (TPSA) is 49.4 Å². The van der Waals surface area contributed by atoms with E-state index in [4.69, 9.17) is 35.0 Å². The maximum atomic E-state index is 12.2. The Hall–Kier alpha value is -1.75. The quantitative estimate of drug-likeness (QED) is 0.806. The van der Waals surface area contributed by atoms with E-state index < -0.39 is 0 Å². The van der Waals surface area contributed by atoms with Crippen LogP contribution in [-0.4, -0.2) is 11.8 Å². The van der Waals surface area contributed by atoms with Crippen molar-refractivity contribution < 1.29 is 9.59 Å². The number of carbonyl (C=O) groups is 2. The first-order valence-electron chi connectivity index (χ1n) is 6.22. The van der Waals surface area contributed by atoms with Crippen LogP contribution in [0, 0.1) is 0 Å². The van der Waals surface area contributed by atoms with E-state index in [-0.39, 0.29) is 16.8 Å². The maximum absolute atomic E-state index is 12.2. The normalized spacial score (nSPS) is 10.2. The highest BCUT2D eigenvalue weighted by molar-refractivity contribution is 6.44. The molecule has 0 fully saturated rings. The van der Waals surface area contributed by atoms with Crippen LogP contribution in [0.5, 0.6) is 0 Å². The van der Waals surface area contributed by atoms with Crippen LogP contribution in [0.25, 0.3) is 0 Å². The SMILES string of the molecule is CC(=O)N(Cl)c1ccc(C(=O)Nc2cccc(Cl)c2Cl)cc1. The first-order chi connectivity index (χ1) is 10.4. The van der Waals surface area contributed by atoms with Crippen molar-refractivity contribution in [3.8, 4) is 0 Å². The van der Waals surface area contributed by atoms with Crippen LogP contribution in [-0.2, 0) is 4.79 Å². The van der Waals surface area contributed by atoms with Gasteiger partial charge < -0.3 is 5.32 Å². The Morgan fingerprint density at radius 2 is 1.68 bits per heavy atom. The van der Waals surface area contributed by atoms with Crippen LogP contribution >= 0.6 is 35.0 Å². The summed E-state index contributed by atoms with van der Waals surface area (Å²) in [4.78, 5) is 23.3. The van der Waals surface area contributed by atoms with Crippen LogP contribution in [0.2, 0.25) is 10.0 Å². The zero-order valence-corrected chi connectivity index (χ0v) is 13.7. The summed E-state index contributed by atoms with van der Waals surface area (Å²) in [5.74, 6) is -0.663. The van der Waals surface area contributed by atoms with Gasteiger partial charge in [0.15, 0.2) is 0 Å². The molecule has 0 atom stereocenters. The summed E-state index contributed by atoms with van der Waals surface area (Å²) in [6.45, 7) is 1.34. The lowest BCUT2D eigenvalue weighted by atomic mass is 10.2. The molecule has 0 aliphatic carbocycles. The predicted octanol–water partition coefficient (Wildman–Crippen LogP) is 4.75. The van der Waals surface area contributed by atoms with E-state index in [2.05, 4.69) is 5.32 Å². The molecule has 2 aromatic carbocycles. The number of hydrogen-bond acceptors (Lipinski definition) is 2. The third-order valence-electron chi connectivity index (χ3n) is 2.83. The van der Waals surface area contributed by atoms with Gasteiger partial charge in [0, 0.05) is 24.3 Å². The fraction of sp³-hybridized carbons (Fsp3) is 0.0667. The van der Waals surface area contributed by atoms with Crippen LogP contribution in [0.15, 0.2) is 42.5 Å². The Labute approximate surface area is 142 Å². The van der Waals surface area contributed by atoms with Gasteiger partial charge in [-0.3, -0.25) is 9.59 Å². The van der Waals surface area contributed by atoms with Gasteiger partial charge in [-0.05, 0) is 36.4 Å². The summed E-state index contributed by atoms with van der Waals surface area (Å²) in [6.07, 6.45) is 0. The van der Waals surface area contributed by atoms with Crippen molar-refractivity contribution in [1.29, 1.82) is 0 Å². The summed E-state index contributed by atoms with van der Waals surface area (Å²) < 4.78 is 0.968. The largest absolute Gasteiger partial charge is 0.321 e. The second-order valence-corrected chi connectivity index (χ2v) is 5.53. The Bertz CT molecular complexity index is 717. The van der Waals surface area contributed by atoms with Gasteiger partial charge in [0.2, 0.25) is 5.91 Å². The van der Waals surface area contributed by atoms with Gasteiger partial charge in [0.05, 0.1) is 21.4 Å². The fourth-order valence-corrected chi connectivity index (χ4v) is 2.18. The van der Waals surface area contributed by atoms with Crippen LogP contribution in [0.3, 0.4) is 0 Å². The second kappa shape index (κ2) is 7.01. The molecule has 2 amide bonds. The van der Waals surface area contributed by atoms with Crippen molar-refractivity contribution in [1.82, 2.24) is 0 Å². The molecule has 0 saturated heterocycles. The molecule has 1 N–H and O–H groups in total. The van der Waals surface area contributed by atoms with Crippen molar-refractivity contribution in [3.05, 3.63) is 58.1 Å². The summed E-state index contributed by atoms with van der Waals surface area (Å²) in [7, 11) is 0. The molecule has 2 aromatic rings. The molecular weight excluding hydrogens is 347 g/mol. The minimum absolute atomic E-state index is 0.276. The number of anilines is 2. The lowest BCUT2D eigenvalue weighted by Crippen LogP contribution is -2.17. The van der Waals surface area contributed by atoms with Crippen molar-refractivity contribution in [2.24, 2.45) is 0 Å². The van der Waals surface area contributed by atoms with Gasteiger partial charge in [0.25, 0.3) is 5.91 Å². The molecule has 0 bridgehead atoms. The first-order valence-corrected chi connectivity index (χ1v) is 7.31. The number of benzene rings is 2. The maximum Gasteiger partial charge on any atom is 0.255 e. The number of amides is 2. The molecule has 0 radical (unpaired) electrons. The Morgan fingerprint density at radius 1 is 1.05 bits per heavy atom. The van der Waals surface area contributed by atoms with Gasteiger partial charge in [0.1, 0.15) is 0 Å². The van der Waals surface area contributed by atoms with Crippen molar-refractivity contribution in [2.45, 2.75) is 6.92 Å². The molecule has 0 spiro atoms. The van der Waals surface area contributed by atoms with Crippen molar-refractivity contribution >= 4 is 58.2 Å². The van der Waals surface area contributed by atoms with Crippen molar-refractivity contribution in [3.63, 3.8) is 0 Å². The number of nitrogens with one attached hydrogen (secondary N) is 1. The van der Waals surface area contributed by atoms with E-state index in [1.54, 1.807) is 42.5 Å². The third-order valence-corrected chi connectivity index (χ3v) is 4.08. The molecule has 0 heterocycles. The van der Waals surface area contributed by atoms with Gasteiger partial charge in [-0.2, -0.15) is 0 Å². The number of nitrogens with zero attached hydrogens (tertiary/aromatic N) is 1. The molecule has 2 rings (SSSR count). The molecule has 0 aliphatic heterocycles. The highest BCUT2D eigenvalue weighted by Gasteiger charge is 2.12. The van der Waals surface area contributed by atoms with Crippen LogP contribution in [0.4, 0.5) is 11.4 Å². The summed E-state index contributed by atoms with van der Waals surface area (Å²) >= 11 is 17.7. The van der Waals surface area contributed by atoms with Gasteiger partial charge in [-0.15, -0.1) is 0 Å². The van der Waals surface area contributed by atoms with E-state index in [1.807, 2.05) is 0 Å². The highest BCUT2D eigenvalue weighted by Crippen LogP contribution is 2.30. The summed E-state index contributed by atoms with van der Waals surface area (Å²) in [5.41, 5.74) is 1.30. The second-order valence-electron chi connectivity index (χ2n) is 4.40. The Balaban J connectivity index is 2.16. The monoisotopic (exact) mass is 356 g/mol. The molecule has 22 heavy (non-hydrogen) atoms. The molecule has 0 unspecified atom stereocenters. The Morgan fingerprint density at radius 3 is 2.27 bits per heavy atom. The molecular formula is C15H11Cl3N2O2. The van der Waals surface area contributed by atoms with E-state index >= 15 is 0 Å². The zero-order chi connectivity index (χ0) is 16.3. The van der Waals surface area contributed by atoms with Gasteiger partial charge in [-0.1, -0.05) is 29.3 Å². The predicted molar refractivity (Wildman–Crippen MR) is 89.9 cm³/mol. The van der Waals surface area contributed by atoms with E-state index in [0.29, 0.717) is 22.0 Å². The fourth-order valence-electron chi connectivity index (χ4n) is 1.72. The number of halogens is 3. The number of hydrogen-bond donors (Lipinski definition) is 1. The van der Waals surface area contributed by atoms with E-state index in [1.165, 1.54) is 6.92 Å². The van der Waals surface area contributed by atoms with Crippen LogP contribution < -0.4 is 9.74 Å². The lowest BCUT2D eigenvalue weighted by Gasteiger charge is -2.12. The molecule has 114 valence electrons. The van der Waals surface area contributed by atoms with Crippen LogP contribution in [0.1, 0.15) is 17.3 Å². The molecule has 7 heteroatoms. The average molecular weight is 358 g/mol. The molecule has 0 saturated carbocycles. The van der Waals surface area contributed by atoms with E-state index in [9.17, 15) is 9.59 Å². The summed E-state index contributed by atoms with van der Waals surface area (Å²) in [6, 6.07) is 11.2. The van der Waals surface area contributed by atoms with E-state index in [0.717, 1.165) is 4.42 Å². The first kappa shape index (κ1) is 16.6. The van der Waals surface area contributed by atoms with Crippen molar-refractivity contribution in [2.75, 3.05) is 9.74 Å². The highest BCUT2D eigenvalue weighted by atomic mass is 35.5.